The smallest absolute Gasteiger partial charge is 0.224 e. The first-order chi connectivity index (χ1) is 17.1. The van der Waals surface area contributed by atoms with Gasteiger partial charge in [0.25, 0.3) is 0 Å². The molecule has 0 radical (unpaired) electrons. The first kappa shape index (κ1) is 23.3. The highest BCUT2D eigenvalue weighted by Gasteiger charge is 2.27. The van der Waals surface area contributed by atoms with Gasteiger partial charge in [-0.25, -0.2) is 0 Å². The normalized spacial score (nSPS) is 15.8. The molecule has 180 valence electrons. The molecule has 0 aromatic heterocycles. The average Bonchev–Trinajstić information content (AvgIpc) is 3.15. The number of carbonyl (C=O) groups excluding carboxylic acids is 2. The summed E-state index contributed by atoms with van der Waals surface area (Å²) in [6.07, 6.45) is 8.79. The van der Waals surface area contributed by atoms with Gasteiger partial charge in [0.2, 0.25) is 11.8 Å². The second kappa shape index (κ2) is 10.5. The Morgan fingerprint density at radius 2 is 1.43 bits per heavy atom. The van der Waals surface area contributed by atoms with Crippen LogP contribution in [-0.2, 0) is 9.59 Å². The number of rotatable bonds is 7. The molecular formula is C31H34N2O2. The van der Waals surface area contributed by atoms with Crippen molar-refractivity contribution >= 4 is 49.8 Å². The molecule has 4 heteroatoms. The van der Waals surface area contributed by atoms with E-state index in [0.717, 1.165) is 29.3 Å². The van der Waals surface area contributed by atoms with Gasteiger partial charge in [0.05, 0.1) is 0 Å². The predicted molar refractivity (Wildman–Crippen MR) is 145 cm³/mol. The van der Waals surface area contributed by atoms with Crippen molar-refractivity contribution < 1.29 is 9.59 Å². The fourth-order valence-corrected chi connectivity index (χ4v) is 5.98. The molecule has 0 aliphatic heterocycles. The summed E-state index contributed by atoms with van der Waals surface area (Å²) in [4.78, 5) is 25.0. The third kappa shape index (κ3) is 5.02. The van der Waals surface area contributed by atoms with Gasteiger partial charge in [-0.05, 0) is 64.6 Å². The van der Waals surface area contributed by atoms with Crippen LogP contribution in [0.4, 0.5) is 5.69 Å². The Morgan fingerprint density at radius 3 is 2.23 bits per heavy atom. The molecule has 3 N–H and O–H groups in total. The average molecular weight is 467 g/mol. The zero-order valence-corrected chi connectivity index (χ0v) is 20.3. The number of nitrogens with two attached hydrogens (primary N) is 1. The molecule has 1 aliphatic rings. The van der Waals surface area contributed by atoms with Crippen molar-refractivity contribution in [3.05, 3.63) is 66.7 Å². The molecule has 0 heterocycles. The van der Waals surface area contributed by atoms with E-state index in [0.29, 0.717) is 25.2 Å². The quantitative estimate of drug-likeness (QED) is 0.221. The fraction of sp³-hybridized carbons (Fsp3) is 0.355. The second-order valence-corrected chi connectivity index (χ2v) is 10.0. The van der Waals surface area contributed by atoms with Gasteiger partial charge < -0.3 is 11.1 Å². The summed E-state index contributed by atoms with van der Waals surface area (Å²) in [5.74, 6) is 0.0473. The first-order valence-electron chi connectivity index (χ1n) is 13.0. The molecule has 0 saturated heterocycles. The molecule has 0 bridgehead atoms. The van der Waals surface area contributed by atoms with E-state index in [1.165, 1.54) is 47.2 Å². The van der Waals surface area contributed by atoms with E-state index < -0.39 is 0 Å². The third-order valence-electron chi connectivity index (χ3n) is 7.81. The minimum Gasteiger partial charge on any atom is -0.369 e. The fourth-order valence-electron chi connectivity index (χ4n) is 5.98. The van der Waals surface area contributed by atoms with Gasteiger partial charge in [-0.2, -0.15) is 0 Å². The van der Waals surface area contributed by atoms with Crippen LogP contribution in [-0.4, -0.2) is 11.8 Å². The number of benzene rings is 4. The summed E-state index contributed by atoms with van der Waals surface area (Å²) in [5, 5.41) is 10.2. The number of primary amides is 1. The monoisotopic (exact) mass is 466 g/mol. The van der Waals surface area contributed by atoms with E-state index in [1.54, 1.807) is 0 Å². The van der Waals surface area contributed by atoms with Crippen molar-refractivity contribution in [2.75, 3.05) is 5.32 Å². The molecule has 1 saturated carbocycles. The van der Waals surface area contributed by atoms with Crippen LogP contribution in [0.15, 0.2) is 66.7 Å². The molecule has 1 aliphatic carbocycles. The number of carbonyl (C=O) groups is 2. The standard InChI is InChI=1S/C31H34N2O2/c32-31(35)24(21-9-3-1-2-4-10-21)13-8-16-30(34)33-29-15-7-14-25-27-18-17-22-11-5-6-12-23(22)26(27)19-20-28(25)29/h5-7,11-12,14-15,17-21,24H,1-4,8-10,13,16H2,(H2,32,35)(H,33,34). The summed E-state index contributed by atoms with van der Waals surface area (Å²) < 4.78 is 0. The molecule has 4 aromatic carbocycles. The number of hydrogen-bond donors (Lipinski definition) is 2. The Balaban J connectivity index is 1.30. The molecule has 4 aromatic rings. The van der Waals surface area contributed by atoms with Crippen LogP contribution in [0.2, 0.25) is 0 Å². The molecule has 0 spiro atoms. The first-order valence-corrected chi connectivity index (χ1v) is 13.0. The molecule has 1 atom stereocenters. The molecule has 1 unspecified atom stereocenters. The Bertz CT molecular complexity index is 1370. The minimum atomic E-state index is -0.203. The number of fused-ring (bicyclic) bond motifs is 5. The van der Waals surface area contributed by atoms with Crippen molar-refractivity contribution in [1.29, 1.82) is 0 Å². The van der Waals surface area contributed by atoms with E-state index in [9.17, 15) is 9.59 Å². The number of amides is 2. The summed E-state index contributed by atoms with van der Waals surface area (Å²) in [7, 11) is 0. The number of anilines is 1. The van der Waals surface area contributed by atoms with Crippen LogP contribution in [0.5, 0.6) is 0 Å². The predicted octanol–water partition coefficient (Wildman–Crippen LogP) is 7.33. The second-order valence-electron chi connectivity index (χ2n) is 10.0. The lowest BCUT2D eigenvalue weighted by Gasteiger charge is -2.23. The van der Waals surface area contributed by atoms with Gasteiger partial charge in [0.1, 0.15) is 0 Å². The summed E-state index contributed by atoms with van der Waals surface area (Å²) >= 11 is 0. The van der Waals surface area contributed by atoms with Crippen molar-refractivity contribution in [1.82, 2.24) is 0 Å². The minimum absolute atomic E-state index is 0.0137. The van der Waals surface area contributed by atoms with Gasteiger partial charge in [-0.15, -0.1) is 0 Å². The SMILES string of the molecule is NC(=O)C(CCCC(=O)Nc1cccc2c1ccc1c3ccccc3ccc21)C1CCCCCC1. The van der Waals surface area contributed by atoms with Crippen LogP contribution in [0.1, 0.15) is 57.8 Å². The maximum atomic E-state index is 12.8. The number of hydrogen-bond acceptors (Lipinski definition) is 2. The lowest BCUT2D eigenvalue weighted by Crippen LogP contribution is -2.30. The molecule has 5 rings (SSSR count). The van der Waals surface area contributed by atoms with Crippen molar-refractivity contribution in [3.63, 3.8) is 0 Å². The van der Waals surface area contributed by atoms with E-state index in [4.69, 9.17) is 5.73 Å². The lowest BCUT2D eigenvalue weighted by atomic mass is 9.82. The molecule has 4 nitrogen and oxygen atoms in total. The molecule has 35 heavy (non-hydrogen) atoms. The topological polar surface area (TPSA) is 72.2 Å². The van der Waals surface area contributed by atoms with Crippen LogP contribution >= 0.6 is 0 Å². The van der Waals surface area contributed by atoms with Gasteiger partial charge in [0, 0.05) is 23.4 Å². The summed E-state index contributed by atoms with van der Waals surface area (Å²) in [6, 6.07) is 23.1. The van der Waals surface area contributed by atoms with E-state index in [-0.39, 0.29) is 17.7 Å². The van der Waals surface area contributed by atoms with Gasteiger partial charge >= 0.3 is 0 Å². The highest BCUT2D eigenvalue weighted by molar-refractivity contribution is 6.19. The largest absolute Gasteiger partial charge is 0.369 e. The zero-order valence-electron chi connectivity index (χ0n) is 20.3. The van der Waals surface area contributed by atoms with Crippen molar-refractivity contribution in [2.24, 2.45) is 17.6 Å². The number of nitrogens with one attached hydrogen (secondary N) is 1. The summed E-state index contributed by atoms with van der Waals surface area (Å²) in [5.41, 5.74) is 6.59. The highest BCUT2D eigenvalue weighted by Crippen LogP contribution is 2.35. The van der Waals surface area contributed by atoms with Gasteiger partial charge in [0.15, 0.2) is 0 Å². The van der Waals surface area contributed by atoms with E-state index >= 15 is 0 Å². The Labute approximate surface area is 206 Å². The molecular weight excluding hydrogens is 432 g/mol. The van der Waals surface area contributed by atoms with E-state index in [2.05, 4.69) is 59.9 Å². The van der Waals surface area contributed by atoms with Crippen LogP contribution in [0.25, 0.3) is 32.3 Å². The molecule has 2 amide bonds. The Hall–Kier alpha value is -3.40. The van der Waals surface area contributed by atoms with Crippen molar-refractivity contribution in [3.8, 4) is 0 Å². The summed E-state index contributed by atoms with van der Waals surface area (Å²) in [6.45, 7) is 0. The van der Waals surface area contributed by atoms with Crippen LogP contribution in [0.3, 0.4) is 0 Å². The van der Waals surface area contributed by atoms with E-state index in [1.807, 2.05) is 12.1 Å². The maximum absolute atomic E-state index is 12.8. The Kier molecular flexibility index (Phi) is 6.98. The Morgan fingerprint density at radius 1 is 0.771 bits per heavy atom. The van der Waals surface area contributed by atoms with Crippen LogP contribution in [0, 0.1) is 11.8 Å². The van der Waals surface area contributed by atoms with Crippen LogP contribution < -0.4 is 11.1 Å². The van der Waals surface area contributed by atoms with Gasteiger partial charge in [-0.3, -0.25) is 9.59 Å². The maximum Gasteiger partial charge on any atom is 0.224 e. The highest BCUT2D eigenvalue weighted by atomic mass is 16.2. The molecule has 1 fully saturated rings. The third-order valence-corrected chi connectivity index (χ3v) is 7.81. The van der Waals surface area contributed by atoms with Gasteiger partial charge in [-0.1, -0.05) is 86.3 Å². The lowest BCUT2D eigenvalue weighted by molar-refractivity contribution is -0.124. The zero-order chi connectivity index (χ0) is 24.2. The van der Waals surface area contributed by atoms with Crippen molar-refractivity contribution in [2.45, 2.75) is 57.8 Å².